The molecule has 0 aliphatic carbocycles. The Kier molecular flexibility index (Phi) is 3.58. The number of nitrogens with zero attached hydrogens (tertiary/aromatic N) is 1. The topological polar surface area (TPSA) is 16.4 Å². The van der Waals surface area contributed by atoms with Gasteiger partial charge in [-0.2, -0.15) is 0 Å². The third kappa shape index (κ3) is 2.46. The van der Waals surface area contributed by atoms with Crippen molar-refractivity contribution in [2.45, 2.75) is 0 Å². The normalized spacial score (nSPS) is 10.9. The van der Waals surface area contributed by atoms with Crippen molar-refractivity contribution in [2.75, 3.05) is 19.0 Å². The Morgan fingerprint density at radius 2 is 1.08 bits per heavy atom. The van der Waals surface area contributed by atoms with Gasteiger partial charge in [-0.3, -0.25) is 0 Å². The first-order chi connectivity index (χ1) is 11.7. The number of hydrogen-bond acceptors (Lipinski definition) is 2. The molecule has 1 aromatic heterocycles. The van der Waals surface area contributed by atoms with Crippen LogP contribution in [0.2, 0.25) is 0 Å². The van der Waals surface area contributed by atoms with Gasteiger partial charge in [-0.25, -0.2) is 0 Å². The van der Waals surface area contributed by atoms with Crippen molar-refractivity contribution in [3.8, 4) is 22.6 Å². The average molecular weight is 313 g/mol. The summed E-state index contributed by atoms with van der Waals surface area (Å²) in [6.07, 6.45) is 0. The van der Waals surface area contributed by atoms with Crippen LogP contribution in [0.3, 0.4) is 0 Å². The highest BCUT2D eigenvalue weighted by Crippen LogP contribution is 2.39. The average Bonchev–Trinajstić information content (AvgIpc) is 3.02. The minimum absolute atomic E-state index is 0.926. The lowest BCUT2D eigenvalue weighted by Gasteiger charge is -2.12. The van der Waals surface area contributed by atoms with Crippen molar-refractivity contribution < 1.29 is 4.42 Å². The molecule has 0 fully saturated rings. The van der Waals surface area contributed by atoms with E-state index in [4.69, 9.17) is 4.42 Å². The van der Waals surface area contributed by atoms with Crippen LogP contribution in [0.1, 0.15) is 0 Å². The maximum atomic E-state index is 6.32. The second-order valence-corrected chi connectivity index (χ2v) is 6.11. The molecule has 0 atom stereocenters. The van der Waals surface area contributed by atoms with Crippen molar-refractivity contribution in [3.63, 3.8) is 0 Å². The van der Waals surface area contributed by atoms with Gasteiger partial charge in [0, 0.05) is 41.7 Å². The SMILES string of the molecule is CN(C)c1ccc(-c2oc(-c3ccccc3)c3ccccc23)cc1. The zero-order chi connectivity index (χ0) is 16.5. The Balaban J connectivity index is 1.90. The van der Waals surface area contributed by atoms with Crippen LogP contribution in [0.4, 0.5) is 5.69 Å². The molecule has 24 heavy (non-hydrogen) atoms. The first-order valence-corrected chi connectivity index (χ1v) is 8.09. The summed E-state index contributed by atoms with van der Waals surface area (Å²) in [7, 11) is 4.09. The van der Waals surface area contributed by atoms with E-state index < -0.39 is 0 Å². The summed E-state index contributed by atoms with van der Waals surface area (Å²) < 4.78 is 6.32. The predicted molar refractivity (Wildman–Crippen MR) is 101 cm³/mol. The zero-order valence-corrected chi connectivity index (χ0v) is 13.9. The van der Waals surface area contributed by atoms with Crippen LogP contribution in [0.25, 0.3) is 33.4 Å². The molecule has 0 bridgehead atoms. The van der Waals surface area contributed by atoms with Crippen molar-refractivity contribution in [1.82, 2.24) is 0 Å². The van der Waals surface area contributed by atoms with Crippen molar-refractivity contribution >= 4 is 16.5 Å². The third-order valence-electron chi connectivity index (χ3n) is 4.30. The van der Waals surface area contributed by atoms with Gasteiger partial charge in [0.05, 0.1) is 0 Å². The fourth-order valence-electron chi connectivity index (χ4n) is 3.02. The molecule has 0 saturated carbocycles. The van der Waals surface area contributed by atoms with Crippen LogP contribution >= 0.6 is 0 Å². The van der Waals surface area contributed by atoms with Crippen molar-refractivity contribution in [3.05, 3.63) is 78.9 Å². The van der Waals surface area contributed by atoms with Crippen molar-refractivity contribution in [2.24, 2.45) is 0 Å². The number of anilines is 1. The molecule has 0 radical (unpaired) electrons. The Bertz CT molecular complexity index is 966. The molecule has 0 aliphatic rings. The second kappa shape index (κ2) is 5.89. The zero-order valence-electron chi connectivity index (χ0n) is 13.9. The van der Waals surface area contributed by atoms with Gasteiger partial charge in [-0.1, -0.05) is 54.6 Å². The molecule has 0 N–H and O–H groups in total. The second-order valence-electron chi connectivity index (χ2n) is 6.11. The lowest BCUT2D eigenvalue weighted by Crippen LogP contribution is -2.07. The Morgan fingerprint density at radius 1 is 0.583 bits per heavy atom. The molecule has 2 nitrogen and oxygen atoms in total. The smallest absolute Gasteiger partial charge is 0.142 e. The monoisotopic (exact) mass is 313 g/mol. The fourth-order valence-corrected chi connectivity index (χ4v) is 3.02. The number of benzene rings is 3. The van der Waals surface area contributed by atoms with E-state index >= 15 is 0 Å². The van der Waals surface area contributed by atoms with Gasteiger partial charge in [0.2, 0.25) is 0 Å². The Morgan fingerprint density at radius 3 is 1.62 bits per heavy atom. The molecule has 3 aromatic carbocycles. The molecular weight excluding hydrogens is 294 g/mol. The number of furan rings is 1. The molecule has 4 aromatic rings. The highest BCUT2D eigenvalue weighted by molar-refractivity contribution is 6.02. The van der Waals surface area contributed by atoms with Crippen LogP contribution in [0.5, 0.6) is 0 Å². The van der Waals surface area contributed by atoms with Gasteiger partial charge < -0.3 is 9.32 Å². The van der Waals surface area contributed by atoms with Crippen molar-refractivity contribution in [1.29, 1.82) is 0 Å². The summed E-state index contributed by atoms with van der Waals surface area (Å²) in [6.45, 7) is 0. The van der Waals surface area contributed by atoms with Gasteiger partial charge in [0.15, 0.2) is 0 Å². The van der Waals surface area contributed by atoms with Gasteiger partial charge in [-0.15, -0.1) is 0 Å². The van der Waals surface area contributed by atoms with Crippen LogP contribution in [-0.2, 0) is 0 Å². The third-order valence-corrected chi connectivity index (χ3v) is 4.30. The lowest BCUT2D eigenvalue weighted by molar-refractivity contribution is 0.602. The number of rotatable bonds is 3. The van der Waals surface area contributed by atoms with Crippen LogP contribution in [0, 0.1) is 0 Å². The standard InChI is InChI=1S/C22H19NO/c1-23(2)18-14-12-17(13-15-18)22-20-11-7-6-10-19(20)21(24-22)16-8-4-3-5-9-16/h3-15H,1-2H3. The van der Waals surface area contributed by atoms with Gasteiger partial charge in [0.1, 0.15) is 11.5 Å². The van der Waals surface area contributed by atoms with Crippen LogP contribution in [0.15, 0.2) is 83.3 Å². The molecular formula is C22H19NO. The summed E-state index contributed by atoms with van der Waals surface area (Å²) in [4.78, 5) is 2.10. The molecule has 118 valence electrons. The van der Waals surface area contributed by atoms with Crippen LogP contribution < -0.4 is 4.90 Å². The molecule has 4 rings (SSSR count). The fraction of sp³-hybridized carbons (Fsp3) is 0.0909. The minimum Gasteiger partial charge on any atom is -0.455 e. The van der Waals surface area contributed by atoms with E-state index in [1.165, 1.54) is 5.69 Å². The van der Waals surface area contributed by atoms with E-state index in [1.54, 1.807) is 0 Å². The van der Waals surface area contributed by atoms with Gasteiger partial charge >= 0.3 is 0 Å². The van der Waals surface area contributed by atoms with E-state index in [0.29, 0.717) is 0 Å². The predicted octanol–water partition coefficient (Wildman–Crippen LogP) is 5.83. The first-order valence-electron chi connectivity index (χ1n) is 8.09. The Hall–Kier alpha value is -3.00. The molecule has 0 spiro atoms. The molecule has 2 heteroatoms. The molecule has 0 unspecified atom stereocenters. The maximum absolute atomic E-state index is 6.32. The van der Waals surface area contributed by atoms with Gasteiger partial charge in [-0.05, 0) is 24.3 Å². The van der Waals surface area contributed by atoms with Gasteiger partial charge in [0.25, 0.3) is 0 Å². The molecule has 0 amide bonds. The molecule has 1 heterocycles. The quantitative estimate of drug-likeness (QED) is 0.473. The maximum Gasteiger partial charge on any atom is 0.142 e. The van der Waals surface area contributed by atoms with Crippen LogP contribution in [-0.4, -0.2) is 14.1 Å². The van der Waals surface area contributed by atoms with E-state index in [-0.39, 0.29) is 0 Å². The van der Waals surface area contributed by atoms with E-state index in [9.17, 15) is 0 Å². The van der Waals surface area contributed by atoms with E-state index in [2.05, 4.69) is 65.6 Å². The highest BCUT2D eigenvalue weighted by Gasteiger charge is 2.15. The molecule has 0 aliphatic heterocycles. The summed E-state index contributed by atoms with van der Waals surface area (Å²) >= 11 is 0. The summed E-state index contributed by atoms with van der Waals surface area (Å²) in [6, 6.07) is 27.1. The summed E-state index contributed by atoms with van der Waals surface area (Å²) in [5.41, 5.74) is 3.38. The summed E-state index contributed by atoms with van der Waals surface area (Å²) in [5, 5.41) is 2.30. The first kappa shape index (κ1) is 14.6. The largest absolute Gasteiger partial charge is 0.455 e. The van der Waals surface area contributed by atoms with E-state index in [0.717, 1.165) is 33.4 Å². The number of fused-ring (bicyclic) bond motifs is 1. The Labute approximate surface area is 142 Å². The van der Waals surface area contributed by atoms with E-state index in [1.807, 2.05) is 32.3 Å². The number of hydrogen-bond donors (Lipinski definition) is 0. The molecule has 0 saturated heterocycles. The minimum atomic E-state index is 0.926. The summed E-state index contributed by atoms with van der Waals surface area (Å²) in [5.74, 6) is 1.85. The highest BCUT2D eigenvalue weighted by atomic mass is 16.3. The lowest BCUT2D eigenvalue weighted by atomic mass is 10.0.